The second-order valence-corrected chi connectivity index (χ2v) is 5.21. The molecule has 1 amide bonds. The van der Waals surface area contributed by atoms with Crippen molar-refractivity contribution < 1.29 is 23.8 Å². The molecule has 122 valence electrons. The number of benzene rings is 1. The van der Waals surface area contributed by atoms with Crippen LogP contribution in [0.4, 0.5) is 0 Å². The number of carbonyl (C=O) groups excluding carboxylic acids is 1. The van der Waals surface area contributed by atoms with Crippen molar-refractivity contribution in [2.75, 3.05) is 13.2 Å². The summed E-state index contributed by atoms with van der Waals surface area (Å²) in [6.45, 7) is 0.979. The lowest BCUT2D eigenvalue weighted by Crippen LogP contribution is -2.24. The Labute approximate surface area is 138 Å². The fourth-order valence-corrected chi connectivity index (χ4v) is 1.93. The zero-order valence-electron chi connectivity index (χ0n) is 12.3. The van der Waals surface area contributed by atoms with E-state index >= 15 is 0 Å². The van der Waals surface area contributed by atoms with Crippen LogP contribution >= 0.6 is 11.6 Å². The summed E-state index contributed by atoms with van der Waals surface area (Å²) in [6, 6.07) is 8.29. The van der Waals surface area contributed by atoms with Crippen LogP contribution < -0.4 is 10.1 Å². The number of carboxylic acid groups (broad SMARTS) is 1. The Morgan fingerprint density at radius 2 is 1.96 bits per heavy atom. The summed E-state index contributed by atoms with van der Waals surface area (Å²) in [5, 5.41) is 12.1. The van der Waals surface area contributed by atoms with Gasteiger partial charge in [0.25, 0.3) is 5.91 Å². The van der Waals surface area contributed by atoms with Crippen LogP contribution in [0.15, 0.2) is 41.0 Å². The first-order valence-electron chi connectivity index (χ1n) is 7.04. The van der Waals surface area contributed by atoms with Crippen molar-refractivity contribution in [3.05, 3.63) is 52.9 Å². The van der Waals surface area contributed by atoms with Gasteiger partial charge >= 0.3 is 5.97 Å². The Hall–Kier alpha value is -2.47. The van der Waals surface area contributed by atoms with E-state index in [1.165, 1.54) is 6.07 Å². The molecule has 2 rings (SSSR count). The molecule has 0 unspecified atom stereocenters. The summed E-state index contributed by atoms with van der Waals surface area (Å²) in [6.07, 6.45) is 2.53. The van der Waals surface area contributed by atoms with Gasteiger partial charge in [-0.25, -0.2) is 4.79 Å². The van der Waals surface area contributed by atoms with E-state index in [4.69, 9.17) is 25.9 Å². The minimum Gasteiger partial charge on any atom is -0.494 e. The highest BCUT2D eigenvalue weighted by Crippen LogP contribution is 2.15. The number of rotatable bonds is 8. The lowest BCUT2D eigenvalue weighted by molar-refractivity contribution is 0.0696. The lowest BCUT2D eigenvalue weighted by atomic mass is 10.3. The van der Waals surface area contributed by atoms with Gasteiger partial charge in [0.15, 0.2) is 5.76 Å². The van der Waals surface area contributed by atoms with Crippen molar-refractivity contribution in [2.45, 2.75) is 12.8 Å². The second-order valence-electron chi connectivity index (χ2n) is 4.77. The monoisotopic (exact) mass is 337 g/mol. The van der Waals surface area contributed by atoms with Crippen molar-refractivity contribution in [1.82, 2.24) is 5.32 Å². The first-order valence-corrected chi connectivity index (χ1v) is 7.42. The molecule has 0 saturated carbocycles. The Bertz CT molecular complexity index is 665. The maximum absolute atomic E-state index is 11.7. The minimum absolute atomic E-state index is 0.0141. The molecule has 1 heterocycles. The molecule has 0 atom stereocenters. The Balaban J connectivity index is 1.62. The summed E-state index contributed by atoms with van der Waals surface area (Å²) in [5.74, 6) is -0.835. The summed E-state index contributed by atoms with van der Waals surface area (Å²) in [5.41, 5.74) is -0.0495. The van der Waals surface area contributed by atoms with Crippen LogP contribution in [0, 0.1) is 0 Å². The third-order valence-electron chi connectivity index (χ3n) is 3.01. The van der Waals surface area contributed by atoms with Gasteiger partial charge in [-0.05, 0) is 37.1 Å². The maximum atomic E-state index is 11.7. The van der Waals surface area contributed by atoms with Gasteiger partial charge in [-0.2, -0.15) is 0 Å². The molecular weight excluding hydrogens is 322 g/mol. The molecule has 23 heavy (non-hydrogen) atoms. The smallest absolute Gasteiger partial charge is 0.338 e. The first kappa shape index (κ1) is 16.9. The van der Waals surface area contributed by atoms with Gasteiger partial charge in [0.1, 0.15) is 12.0 Å². The topological polar surface area (TPSA) is 88.8 Å². The Morgan fingerprint density at radius 1 is 1.22 bits per heavy atom. The molecule has 0 aliphatic carbocycles. The highest BCUT2D eigenvalue weighted by Gasteiger charge is 2.13. The highest BCUT2D eigenvalue weighted by molar-refractivity contribution is 6.30. The van der Waals surface area contributed by atoms with E-state index in [-0.39, 0.29) is 11.3 Å². The van der Waals surface area contributed by atoms with Crippen LogP contribution in [0.1, 0.15) is 33.8 Å². The van der Waals surface area contributed by atoms with Gasteiger partial charge in [-0.15, -0.1) is 0 Å². The van der Waals surface area contributed by atoms with E-state index in [0.29, 0.717) is 18.2 Å². The van der Waals surface area contributed by atoms with E-state index in [0.717, 1.165) is 24.9 Å². The van der Waals surface area contributed by atoms with E-state index in [1.54, 1.807) is 24.3 Å². The van der Waals surface area contributed by atoms with Gasteiger partial charge in [0.05, 0.1) is 12.2 Å². The minimum atomic E-state index is -1.13. The summed E-state index contributed by atoms with van der Waals surface area (Å²) in [4.78, 5) is 22.4. The third kappa shape index (κ3) is 5.34. The molecule has 0 saturated heterocycles. The average molecular weight is 338 g/mol. The maximum Gasteiger partial charge on any atom is 0.338 e. The molecule has 0 bridgehead atoms. The van der Waals surface area contributed by atoms with Crippen molar-refractivity contribution in [3.63, 3.8) is 0 Å². The number of halogens is 1. The Morgan fingerprint density at radius 3 is 2.61 bits per heavy atom. The number of amides is 1. The largest absolute Gasteiger partial charge is 0.494 e. The predicted molar refractivity (Wildman–Crippen MR) is 84.2 cm³/mol. The zero-order valence-corrected chi connectivity index (χ0v) is 13.0. The van der Waals surface area contributed by atoms with Crippen molar-refractivity contribution in [1.29, 1.82) is 0 Å². The second kappa shape index (κ2) is 8.24. The number of carbonyl (C=O) groups is 2. The van der Waals surface area contributed by atoms with Crippen LogP contribution in [-0.2, 0) is 0 Å². The van der Waals surface area contributed by atoms with Crippen LogP contribution in [0.5, 0.6) is 5.75 Å². The number of hydrogen-bond donors (Lipinski definition) is 2. The van der Waals surface area contributed by atoms with Crippen LogP contribution in [0.3, 0.4) is 0 Å². The molecule has 6 nitrogen and oxygen atoms in total. The normalized spacial score (nSPS) is 10.3. The van der Waals surface area contributed by atoms with Crippen molar-refractivity contribution >= 4 is 23.5 Å². The van der Waals surface area contributed by atoms with E-state index in [9.17, 15) is 9.59 Å². The number of hydrogen-bond acceptors (Lipinski definition) is 4. The van der Waals surface area contributed by atoms with E-state index in [1.807, 2.05) is 0 Å². The molecule has 2 aromatic rings. The van der Waals surface area contributed by atoms with Gasteiger partial charge in [-0.1, -0.05) is 11.6 Å². The lowest BCUT2D eigenvalue weighted by Gasteiger charge is -2.06. The standard InChI is InChI=1S/C16H16ClNO5/c17-12-3-5-13(6-4-12)22-8-2-1-7-18-15(19)14-9-11(10-23-14)16(20)21/h3-6,9-10H,1-2,7-8H2,(H,18,19)(H,20,21). The van der Waals surface area contributed by atoms with Crippen molar-refractivity contribution in [2.24, 2.45) is 0 Å². The summed E-state index contributed by atoms with van der Waals surface area (Å²) < 4.78 is 10.4. The van der Waals surface area contributed by atoms with Crippen LogP contribution in [0.25, 0.3) is 0 Å². The van der Waals surface area contributed by atoms with Crippen LogP contribution in [-0.4, -0.2) is 30.1 Å². The fraction of sp³-hybridized carbons (Fsp3) is 0.250. The number of carboxylic acids is 1. The number of ether oxygens (including phenoxy) is 1. The molecule has 1 aromatic carbocycles. The van der Waals surface area contributed by atoms with Crippen LogP contribution in [0.2, 0.25) is 5.02 Å². The molecule has 0 aliphatic rings. The molecule has 0 aliphatic heterocycles. The molecule has 1 aromatic heterocycles. The molecule has 0 radical (unpaired) electrons. The quantitative estimate of drug-likeness (QED) is 0.722. The molecule has 0 fully saturated rings. The highest BCUT2D eigenvalue weighted by atomic mass is 35.5. The molecule has 0 spiro atoms. The molecule has 7 heteroatoms. The third-order valence-corrected chi connectivity index (χ3v) is 3.26. The van der Waals surface area contributed by atoms with Gasteiger partial charge in [0.2, 0.25) is 0 Å². The first-order chi connectivity index (χ1) is 11.1. The summed E-state index contributed by atoms with van der Waals surface area (Å²) in [7, 11) is 0. The fourth-order valence-electron chi connectivity index (χ4n) is 1.80. The summed E-state index contributed by atoms with van der Waals surface area (Å²) >= 11 is 5.78. The number of unbranched alkanes of at least 4 members (excludes halogenated alkanes) is 1. The van der Waals surface area contributed by atoms with Gasteiger partial charge in [0, 0.05) is 17.6 Å². The molecule has 2 N–H and O–H groups in total. The van der Waals surface area contributed by atoms with Crippen molar-refractivity contribution in [3.8, 4) is 5.75 Å². The molecular formula is C16H16ClNO5. The van der Waals surface area contributed by atoms with Gasteiger partial charge < -0.3 is 19.6 Å². The number of nitrogens with one attached hydrogen (secondary N) is 1. The zero-order chi connectivity index (χ0) is 16.7. The number of aromatic carboxylic acids is 1. The Kier molecular flexibility index (Phi) is 6.05. The predicted octanol–water partition coefficient (Wildman–Crippen LogP) is 3.22. The SMILES string of the molecule is O=C(O)c1coc(C(=O)NCCCCOc2ccc(Cl)cc2)c1. The average Bonchev–Trinajstić information content (AvgIpc) is 3.02. The van der Waals surface area contributed by atoms with Gasteiger partial charge in [-0.3, -0.25) is 4.79 Å². The van der Waals surface area contributed by atoms with E-state index in [2.05, 4.69) is 5.32 Å². The van der Waals surface area contributed by atoms with E-state index < -0.39 is 11.9 Å². The number of furan rings is 1.